The Morgan fingerprint density at radius 2 is 1.94 bits per heavy atom. The van der Waals surface area contributed by atoms with Crippen molar-refractivity contribution in [3.8, 4) is 5.75 Å². The molecule has 0 radical (unpaired) electrons. The summed E-state index contributed by atoms with van der Waals surface area (Å²) in [6.45, 7) is 3.25. The molecule has 2 rings (SSSR count). The Morgan fingerprint density at radius 3 is 2.67 bits per heavy atom. The van der Waals surface area contributed by atoms with E-state index >= 15 is 0 Å². The van der Waals surface area contributed by atoms with Gasteiger partial charge in [-0.05, 0) is 48.7 Å². The highest BCUT2D eigenvalue weighted by atomic mass is 16.5. The quantitative estimate of drug-likeness (QED) is 0.876. The van der Waals surface area contributed by atoms with Gasteiger partial charge in [-0.25, -0.2) is 0 Å². The molecule has 0 bridgehead atoms. The molecule has 1 aromatic heterocycles. The molecule has 2 aromatic rings. The number of para-hydroxylation sites is 1. The second-order valence-electron chi connectivity index (χ2n) is 4.25. The maximum Gasteiger partial charge on any atom is 0.125 e. The number of benzene rings is 1. The lowest BCUT2D eigenvalue weighted by Gasteiger charge is -2.13. The third kappa shape index (κ3) is 3.08. The summed E-state index contributed by atoms with van der Waals surface area (Å²) < 4.78 is 5.92. The molecule has 0 aliphatic rings. The molecule has 0 spiro atoms. The van der Waals surface area contributed by atoms with Gasteiger partial charge in [-0.2, -0.15) is 0 Å². The number of hydrogen-bond donors (Lipinski definition) is 1. The molecule has 0 atom stereocenters. The van der Waals surface area contributed by atoms with Gasteiger partial charge in [-0.15, -0.1) is 0 Å². The van der Waals surface area contributed by atoms with Crippen LogP contribution in [0.25, 0.3) is 0 Å². The van der Waals surface area contributed by atoms with Crippen LogP contribution in [-0.4, -0.2) is 11.5 Å². The van der Waals surface area contributed by atoms with Gasteiger partial charge in [0.1, 0.15) is 12.4 Å². The first-order chi connectivity index (χ1) is 8.81. The average Bonchev–Trinajstić information content (AvgIpc) is 2.40. The largest absolute Gasteiger partial charge is 0.488 e. The van der Waals surface area contributed by atoms with Crippen LogP contribution in [0.4, 0.5) is 0 Å². The highest BCUT2D eigenvalue weighted by Gasteiger charge is 2.06. The predicted octanol–water partition coefficient (Wildman–Crippen LogP) is 2.47. The average molecular weight is 242 g/mol. The number of nitrogens with two attached hydrogens (primary N) is 1. The Balaban J connectivity index is 2.13. The zero-order chi connectivity index (χ0) is 12.8. The number of aryl methyl sites for hydroxylation is 1. The molecule has 0 fully saturated rings. The SMILES string of the molecule is Cc1cccc(CCN)c1OCc1ccncc1. The van der Waals surface area contributed by atoms with Gasteiger partial charge in [-0.1, -0.05) is 18.2 Å². The van der Waals surface area contributed by atoms with Crippen molar-refractivity contribution in [3.63, 3.8) is 0 Å². The Labute approximate surface area is 108 Å². The number of nitrogens with zero attached hydrogens (tertiary/aromatic N) is 1. The summed E-state index contributed by atoms with van der Waals surface area (Å²) in [5, 5.41) is 0. The van der Waals surface area contributed by atoms with E-state index in [1.165, 1.54) is 5.56 Å². The molecule has 18 heavy (non-hydrogen) atoms. The topological polar surface area (TPSA) is 48.1 Å². The minimum atomic E-state index is 0.560. The van der Waals surface area contributed by atoms with Crippen molar-refractivity contribution in [2.45, 2.75) is 20.0 Å². The van der Waals surface area contributed by atoms with E-state index in [-0.39, 0.29) is 0 Å². The number of pyridine rings is 1. The van der Waals surface area contributed by atoms with Crippen LogP contribution in [0.15, 0.2) is 42.7 Å². The fourth-order valence-electron chi connectivity index (χ4n) is 1.91. The van der Waals surface area contributed by atoms with Crippen LogP contribution in [0, 0.1) is 6.92 Å². The van der Waals surface area contributed by atoms with E-state index in [1.54, 1.807) is 12.4 Å². The van der Waals surface area contributed by atoms with Gasteiger partial charge in [0.25, 0.3) is 0 Å². The summed E-state index contributed by atoms with van der Waals surface area (Å²) in [7, 11) is 0. The van der Waals surface area contributed by atoms with Gasteiger partial charge >= 0.3 is 0 Å². The first-order valence-electron chi connectivity index (χ1n) is 6.11. The van der Waals surface area contributed by atoms with E-state index in [2.05, 4.69) is 24.0 Å². The summed E-state index contributed by atoms with van der Waals surface area (Å²) >= 11 is 0. The fraction of sp³-hybridized carbons (Fsp3) is 0.267. The van der Waals surface area contributed by atoms with Crippen LogP contribution in [0.5, 0.6) is 5.75 Å². The molecule has 1 aromatic carbocycles. The van der Waals surface area contributed by atoms with Gasteiger partial charge in [0, 0.05) is 12.4 Å². The lowest BCUT2D eigenvalue weighted by Crippen LogP contribution is -2.06. The van der Waals surface area contributed by atoms with E-state index in [0.717, 1.165) is 23.3 Å². The Morgan fingerprint density at radius 1 is 1.17 bits per heavy atom. The maximum atomic E-state index is 5.92. The molecule has 94 valence electrons. The summed E-state index contributed by atoms with van der Waals surface area (Å²) in [6.07, 6.45) is 4.39. The third-order valence-corrected chi connectivity index (χ3v) is 2.84. The molecule has 3 nitrogen and oxygen atoms in total. The van der Waals surface area contributed by atoms with Gasteiger partial charge in [0.2, 0.25) is 0 Å². The lowest BCUT2D eigenvalue weighted by atomic mass is 10.1. The number of hydrogen-bond acceptors (Lipinski definition) is 3. The molecule has 0 amide bonds. The van der Waals surface area contributed by atoms with Gasteiger partial charge < -0.3 is 10.5 Å². The molecule has 0 saturated carbocycles. The van der Waals surface area contributed by atoms with Crippen molar-refractivity contribution in [1.82, 2.24) is 4.98 Å². The second-order valence-corrected chi connectivity index (χ2v) is 4.25. The van der Waals surface area contributed by atoms with Crippen LogP contribution in [0.2, 0.25) is 0 Å². The van der Waals surface area contributed by atoms with Crippen LogP contribution in [-0.2, 0) is 13.0 Å². The van der Waals surface area contributed by atoms with E-state index in [9.17, 15) is 0 Å². The summed E-state index contributed by atoms with van der Waals surface area (Å²) in [4.78, 5) is 3.99. The summed E-state index contributed by atoms with van der Waals surface area (Å²) in [5.41, 5.74) is 9.06. The van der Waals surface area contributed by atoms with Gasteiger partial charge in [0.15, 0.2) is 0 Å². The minimum absolute atomic E-state index is 0.560. The van der Waals surface area contributed by atoms with Crippen molar-refractivity contribution in [3.05, 3.63) is 59.4 Å². The van der Waals surface area contributed by atoms with Crippen molar-refractivity contribution in [2.75, 3.05) is 6.54 Å². The van der Waals surface area contributed by atoms with Crippen LogP contribution in [0.1, 0.15) is 16.7 Å². The maximum absolute atomic E-state index is 5.92. The molecule has 2 N–H and O–H groups in total. The third-order valence-electron chi connectivity index (χ3n) is 2.84. The van der Waals surface area contributed by atoms with Crippen molar-refractivity contribution in [2.24, 2.45) is 5.73 Å². The summed E-state index contributed by atoms with van der Waals surface area (Å²) in [6, 6.07) is 10.1. The van der Waals surface area contributed by atoms with Gasteiger partial charge in [-0.3, -0.25) is 4.98 Å². The number of aromatic nitrogens is 1. The van der Waals surface area contributed by atoms with Crippen molar-refractivity contribution >= 4 is 0 Å². The molecular weight excluding hydrogens is 224 g/mol. The zero-order valence-electron chi connectivity index (χ0n) is 10.6. The predicted molar refractivity (Wildman–Crippen MR) is 72.5 cm³/mol. The van der Waals surface area contributed by atoms with Crippen LogP contribution in [0.3, 0.4) is 0 Å². The first-order valence-corrected chi connectivity index (χ1v) is 6.11. The van der Waals surface area contributed by atoms with Crippen LogP contribution < -0.4 is 10.5 Å². The fourth-order valence-corrected chi connectivity index (χ4v) is 1.91. The smallest absolute Gasteiger partial charge is 0.125 e. The molecular formula is C15H18N2O. The molecule has 1 heterocycles. The van der Waals surface area contributed by atoms with Crippen LogP contribution >= 0.6 is 0 Å². The zero-order valence-corrected chi connectivity index (χ0v) is 10.6. The second kappa shape index (κ2) is 6.17. The van der Waals surface area contributed by atoms with E-state index in [1.807, 2.05) is 18.2 Å². The lowest BCUT2D eigenvalue weighted by molar-refractivity contribution is 0.300. The molecule has 3 heteroatoms. The van der Waals surface area contributed by atoms with E-state index < -0.39 is 0 Å². The molecule has 0 unspecified atom stereocenters. The first kappa shape index (κ1) is 12.6. The van der Waals surface area contributed by atoms with E-state index in [0.29, 0.717) is 13.2 Å². The summed E-state index contributed by atoms with van der Waals surface area (Å²) in [5.74, 6) is 0.958. The Hall–Kier alpha value is -1.87. The van der Waals surface area contributed by atoms with E-state index in [4.69, 9.17) is 10.5 Å². The molecule has 0 saturated heterocycles. The Kier molecular flexibility index (Phi) is 4.31. The number of ether oxygens (including phenoxy) is 1. The normalized spacial score (nSPS) is 10.3. The molecule has 0 aliphatic carbocycles. The standard InChI is InChI=1S/C15H18N2O/c1-12-3-2-4-14(5-8-16)15(12)18-11-13-6-9-17-10-7-13/h2-4,6-7,9-10H,5,8,11,16H2,1H3. The monoisotopic (exact) mass is 242 g/mol. The van der Waals surface area contributed by atoms with Crippen molar-refractivity contribution < 1.29 is 4.74 Å². The van der Waals surface area contributed by atoms with Crippen molar-refractivity contribution in [1.29, 1.82) is 0 Å². The highest BCUT2D eigenvalue weighted by Crippen LogP contribution is 2.24. The number of rotatable bonds is 5. The Bertz CT molecular complexity index is 497. The van der Waals surface area contributed by atoms with Gasteiger partial charge in [0.05, 0.1) is 0 Å². The highest BCUT2D eigenvalue weighted by molar-refractivity contribution is 5.41. The minimum Gasteiger partial charge on any atom is -0.488 e. The molecule has 0 aliphatic heterocycles.